The molecule has 1 atom stereocenters. The maximum absolute atomic E-state index is 8.82. The van der Waals surface area contributed by atoms with Crippen molar-refractivity contribution >= 4 is 0 Å². The summed E-state index contributed by atoms with van der Waals surface area (Å²) >= 11 is 0. The fourth-order valence-corrected chi connectivity index (χ4v) is 1.35. The van der Waals surface area contributed by atoms with Crippen LogP contribution in [0.4, 0.5) is 0 Å². The largest absolute Gasteiger partial charge is 0.313 e. The highest BCUT2D eigenvalue weighted by atomic mass is 14.9. The molecule has 0 aliphatic carbocycles. The zero-order chi connectivity index (χ0) is 11.7. The van der Waals surface area contributed by atoms with Gasteiger partial charge in [0.15, 0.2) is 0 Å². The summed E-state index contributed by atoms with van der Waals surface area (Å²) < 4.78 is 0. The lowest BCUT2D eigenvalue weighted by Gasteiger charge is -2.15. The normalized spacial score (nSPS) is 12.9. The van der Waals surface area contributed by atoms with E-state index in [9.17, 15) is 0 Å². The van der Waals surface area contributed by atoms with Crippen LogP contribution in [-0.2, 0) is 0 Å². The number of nitriles is 1. The van der Waals surface area contributed by atoms with Gasteiger partial charge in [0.1, 0.15) is 0 Å². The minimum absolute atomic E-state index is 0.176. The molecule has 0 heterocycles. The summed E-state index contributed by atoms with van der Waals surface area (Å²) in [5.74, 6) is 2.64. The Labute approximate surface area is 94.1 Å². The quantitative estimate of drug-likeness (QED) is 0.513. The fraction of sp³-hybridized carbons (Fsp3) is 0.769. The fourth-order valence-electron chi connectivity index (χ4n) is 1.35. The zero-order valence-electron chi connectivity index (χ0n) is 10.1. The van der Waals surface area contributed by atoms with Gasteiger partial charge in [-0.2, -0.15) is 5.26 Å². The van der Waals surface area contributed by atoms with Crippen LogP contribution in [0.15, 0.2) is 0 Å². The van der Waals surface area contributed by atoms with Gasteiger partial charge in [-0.15, -0.1) is 12.3 Å². The molecule has 0 saturated heterocycles. The summed E-state index contributed by atoms with van der Waals surface area (Å²) in [4.78, 5) is 0. The SMILES string of the molecule is C#CCC(C)NCCCCC(C)(C)C#N. The zero-order valence-corrected chi connectivity index (χ0v) is 10.1. The maximum atomic E-state index is 8.82. The number of hydrogen-bond donors (Lipinski definition) is 1. The van der Waals surface area contributed by atoms with Gasteiger partial charge in [-0.3, -0.25) is 0 Å². The van der Waals surface area contributed by atoms with Gasteiger partial charge in [-0.05, 0) is 40.2 Å². The molecular formula is C13H22N2. The summed E-state index contributed by atoms with van der Waals surface area (Å²) in [5, 5.41) is 12.2. The molecule has 0 fully saturated rings. The van der Waals surface area contributed by atoms with E-state index in [1.807, 2.05) is 13.8 Å². The van der Waals surface area contributed by atoms with E-state index in [0.29, 0.717) is 6.04 Å². The van der Waals surface area contributed by atoms with Gasteiger partial charge in [0.25, 0.3) is 0 Å². The standard InChI is InChI=1S/C13H22N2/c1-5-8-12(2)15-10-7-6-9-13(3,4)11-14/h1,12,15H,6-10H2,2-4H3. The van der Waals surface area contributed by atoms with E-state index in [1.165, 1.54) is 0 Å². The van der Waals surface area contributed by atoms with Gasteiger partial charge in [-0.25, -0.2) is 0 Å². The van der Waals surface area contributed by atoms with Crippen LogP contribution in [0.2, 0.25) is 0 Å². The number of nitrogens with zero attached hydrogens (tertiary/aromatic N) is 1. The van der Waals surface area contributed by atoms with E-state index in [4.69, 9.17) is 11.7 Å². The Morgan fingerprint density at radius 2 is 2.07 bits per heavy atom. The highest BCUT2D eigenvalue weighted by molar-refractivity contribution is 4.91. The minimum Gasteiger partial charge on any atom is -0.313 e. The Hall–Kier alpha value is -0.990. The molecule has 0 aliphatic heterocycles. The molecule has 0 aliphatic rings. The van der Waals surface area contributed by atoms with Gasteiger partial charge in [0.05, 0.1) is 11.5 Å². The Kier molecular flexibility index (Phi) is 6.84. The Morgan fingerprint density at radius 3 is 2.60 bits per heavy atom. The third-order valence-corrected chi connectivity index (χ3v) is 2.45. The number of rotatable bonds is 7. The van der Waals surface area contributed by atoms with E-state index >= 15 is 0 Å². The van der Waals surface area contributed by atoms with Gasteiger partial charge in [-0.1, -0.05) is 6.42 Å². The van der Waals surface area contributed by atoms with E-state index in [-0.39, 0.29) is 5.41 Å². The first-order valence-corrected chi connectivity index (χ1v) is 5.60. The van der Waals surface area contributed by atoms with Gasteiger partial charge >= 0.3 is 0 Å². The van der Waals surface area contributed by atoms with Gasteiger partial charge < -0.3 is 5.32 Å². The molecule has 0 spiro atoms. The van der Waals surface area contributed by atoms with Crippen LogP contribution in [0.3, 0.4) is 0 Å². The van der Waals surface area contributed by atoms with Gasteiger partial charge in [0.2, 0.25) is 0 Å². The molecule has 0 rings (SSSR count). The van der Waals surface area contributed by atoms with E-state index in [1.54, 1.807) is 0 Å². The first kappa shape index (κ1) is 14.0. The Bertz CT molecular complexity index is 242. The average Bonchev–Trinajstić information content (AvgIpc) is 2.17. The van der Waals surface area contributed by atoms with Crippen LogP contribution >= 0.6 is 0 Å². The summed E-state index contributed by atoms with van der Waals surface area (Å²) in [6, 6.07) is 2.72. The smallest absolute Gasteiger partial charge is 0.0683 e. The van der Waals surface area contributed by atoms with Crippen molar-refractivity contribution in [3.63, 3.8) is 0 Å². The second-order valence-corrected chi connectivity index (χ2v) is 4.72. The molecule has 0 bridgehead atoms. The van der Waals surface area contributed by atoms with Crippen LogP contribution in [0.1, 0.15) is 46.5 Å². The number of unbranched alkanes of at least 4 members (excludes halogenated alkanes) is 1. The second-order valence-electron chi connectivity index (χ2n) is 4.72. The van der Waals surface area contributed by atoms with Crippen molar-refractivity contribution < 1.29 is 0 Å². The van der Waals surface area contributed by atoms with Crippen molar-refractivity contribution in [2.45, 2.75) is 52.5 Å². The van der Waals surface area contributed by atoms with Crippen molar-refractivity contribution in [1.29, 1.82) is 5.26 Å². The van der Waals surface area contributed by atoms with E-state index in [0.717, 1.165) is 32.2 Å². The molecule has 0 amide bonds. The van der Waals surface area contributed by atoms with Crippen molar-refractivity contribution in [3.8, 4) is 18.4 Å². The lowest BCUT2D eigenvalue weighted by Crippen LogP contribution is -2.26. The Morgan fingerprint density at radius 1 is 1.40 bits per heavy atom. The molecule has 2 nitrogen and oxygen atoms in total. The summed E-state index contributed by atoms with van der Waals surface area (Å²) in [5.41, 5.74) is -0.176. The molecular weight excluding hydrogens is 184 g/mol. The molecule has 0 aromatic heterocycles. The molecule has 1 N–H and O–H groups in total. The molecule has 1 unspecified atom stereocenters. The van der Waals surface area contributed by atoms with Crippen LogP contribution in [0.5, 0.6) is 0 Å². The molecule has 0 radical (unpaired) electrons. The van der Waals surface area contributed by atoms with Crippen molar-refractivity contribution in [2.75, 3.05) is 6.54 Å². The predicted molar refractivity (Wildman–Crippen MR) is 64.2 cm³/mol. The van der Waals surface area contributed by atoms with E-state index < -0.39 is 0 Å². The number of nitrogens with one attached hydrogen (secondary N) is 1. The number of hydrogen-bond acceptors (Lipinski definition) is 2. The molecule has 0 saturated carbocycles. The number of terminal acetylenes is 1. The van der Waals surface area contributed by atoms with Gasteiger partial charge in [0, 0.05) is 12.5 Å². The maximum Gasteiger partial charge on any atom is 0.0683 e. The predicted octanol–water partition coefficient (Wildman–Crippen LogP) is 2.71. The first-order valence-electron chi connectivity index (χ1n) is 5.60. The van der Waals surface area contributed by atoms with Crippen molar-refractivity contribution in [2.24, 2.45) is 5.41 Å². The highest BCUT2D eigenvalue weighted by Crippen LogP contribution is 2.21. The lowest BCUT2D eigenvalue weighted by molar-refractivity contribution is 0.417. The molecule has 0 aromatic carbocycles. The minimum atomic E-state index is -0.176. The van der Waals surface area contributed by atoms with Crippen LogP contribution < -0.4 is 5.32 Å². The average molecular weight is 206 g/mol. The summed E-state index contributed by atoms with van der Waals surface area (Å²) in [6.45, 7) is 7.06. The molecule has 84 valence electrons. The Balaban J connectivity index is 3.42. The van der Waals surface area contributed by atoms with Crippen LogP contribution in [0, 0.1) is 29.1 Å². The van der Waals surface area contributed by atoms with Crippen molar-refractivity contribution in [1.82, 2.24) is 5.32 Å². The lowest BCUT2D eigenvalue weighted by atomic mass is 9.89. The second kappa shape index (κ2) is 7.32. The summed E-state index contributed by atoms with van der Waals surface area (Å²) in [7, 11) is 0. The van der Waals surface area contributed by atoms with Crippen LogP contribution in [-0.4, -0.2) is 12.6 Å². The monoisotopic (exact) mass is 206 g/mol. The topological polar surface area (TPSA) is 35.8 Å². The molecule has 15 heavy (non-hydrogen) atoms. The molecule has 0 aromatic rings. The third-order valence-electron chi connectivity index (χ3n) is 2.45. The third kappa shape index (κ3) is 8.03. The summed E-state index contributed by atoms with van der Waals surface area (Å²) in [6.07, 6.45) is 9.16. The highest BCUT2D eigenvalue weighted by Gasteiger charge is 2.15. The first-order chi connectivity index (χ1) is 7.02. The van der Waals surface area contributed by atoms with E-state index in [2.05, 4.69) is 24.2 Å². The van der Waals surface area contributed by atoms with Crippen molar-refractivity contribution in [3.05, 3.63) is 0 Å². The van der Waals surface area contributed by atoms with Crippen LogP contribution in [0.25, 0.3) is 0 Å². The molecule has 2 heteroatoms.